The van der Waals surface area contributed by atoms with E-state index in [1.807, 2.05) is 39.0 Å². The van der Waals surface area contributed by atoms with Crippen LogP contribution in [0.5, 0.6) is 5.75 Å². The van der Waals surface area contributed by atoms with E-state index < -0.39 is 5.60 Å². The Morgan fingerprint density at radius 1 is 1.04 bits per heavy atom. The monoisotopic (exact) mass is 381 g/mol. The Labute approximate surface area is 168 Å². The summed E-state index contributed by atoms with van der Waals surface area (Å²) in [7, 11) is 0. The molecule has 150 valence electrons. The summed E-state index contributed by atoms with van der Waals surface area (Å²) in [5.74, 6) is 0.485. The van der Waals surface area contributed by atoms with Crippen LogP contribution in [0.25, 0.3) is 0 Å². The molecular weight excluding hydrogens is 350 g/mol. The van der Waals surface area contributed by atoms with Crippen LogP contribution in [0.3, 0.4) is 0 Å². The van der Waals surface area contributed by atoms with Gasteiger partial charge >= 0.3 is 5.97 Å². The summed E-state index contributed by atoms with van der Waals surface area (Å²) in [6.07, 6.45) is 2.11. The highest BCUT2D eigenvalue weighted by Crippen LogP contribution is 2.21. The summed E-state index contributed by atoms with van der Waals surface area (Å²) < 4.78 is 11.2. The molecule has 0 saturated heterocycles. The molecular formula is C24H31NO3. The molecule has 0 amide bonds. The summed E-state index contributed by atoms with van der Waals surface area (Å²) in [6, 6.07) is 18.5. The van der Waals surface area contributed by atoms with Crippen molar-refractivity contribution in [2.24, 2.45) is 5.92 Å². The molecule has 0 aliphatic carbocycles. The second kappa shape index (κ2) is 10.1. The van der Waals surface area contributed by atoms with Gasteiger partial charge in [-0.3, -0.25) is 4.79 Å². The van der Waals surface area contributed by atoms with Crippen molar-refractivity contribution in [2.45, 2.75) is 52.6 Å². The largest absolute Gasteiger partial charge is 0.493 e. The number of ether oxygens (including phenoxy) is 2. The highest BCUT2D eigenvalue weighted by Gasteiger charge is 2.26. The van der Waals surface area contributed by atoms with Gasteiger partial charge in [0.15, 0.2) is 0 Å². The van der Waals surface area contributed by atoms with Gasteiger partial charge in [0.25, 0.3) is 0 Å². The molecule has 2 rings (SSSR count). The van der Waals surface area contributed by atoms with Crippen molar-refractivity contribution in [3.63, 3.8) is 0 Å². The summed E-state index contributed by atoms with van der Waals surface area (Å²) in [4.78, 5) is 11.2. The molecule has 2 aromatic rings. The van der Waals surface area contributed by atoms with E-state index >= 15 is 0 Å². The van der Waals surface area contributed by atoms with Crippen LogP contribution in [0.15, 0.2) is 54.6 Å². The zero-order valence-corrected chi connectivity index (χ0v) is 17.3. The van der Waals surface area contributed by atoms with Crippen molar-refractivity contribution in [1.82, 2.24) is 0 Å². The fraction of sp³-hybridized carbons (Fsp3) is 0.417. The predicted molar refractivity (Wildman–Crippen MR) is 113 cm³/mol. The minimum absolute atomic E-state index is 0.00108. The molecule has 0 aromatic heterocycles. The van der Waals surface area contributed by atoms with E-state index in [1.54, 1.807) is 0 Å². The Kier molecular flexibility index (Phi) is 7.80. The zero-order valence-electron chi connectivity index (χ0n) is 17.3. The quantitative estimate of drug-likeness (QED) is 0.441. The van der Waals surface area contributed by atoms with Gasteiger partial charge in [0, 0.05) is 25.0 Å². The molecule has 0 heterocycles. The van der Waals surface area contributed by atoms with Gasteiger partial charge in [0.2, 0.25) is 0 Å². The SMILES string of the molecule is CC[C@H](COc1ccc(Cc2ccccc2)cc1)C(=N)CC(C)(C)OC(C)=O. The molecule has 0 unspecified atom stereocenters. The normalized spacial score (nSPS) is 12.3. The van der Waals surface area contributed by atoms with Crippen LogP contribution in [0.4, 0.5) is 0 Å². The number of nitrogens with one attached hydrogen (secondary N) is 1. The van der Waals surface area contributed by atoms with Crippen molar-refractivity contribution in [2.75, 3.05) is 6.61 Å². The van der Waals surface area contributed by atoms with Gasteiger partial charge in [-0.15, -0.1) is 0 Å². The third-order valence-corrected chi connectivity index (χ3v) is 4.65. The van der Waals surface area contributed by atoms with Crippen LogP contribution < -0.4 is 4.74 Å². The lowest BCUT2D eigenvalue weighted by molar-refractivity contribution is -0.152. The summed E-state index contributed by atoms with van der Waals surface area (Å²) in [5, 5.41) is 8.40. The van der Waals surface area contributed by atoms with Crippen molar-refractivity contribution < 1.29 is 14.3 Å². The van der Waals surface area contributed by atoms with Crippen LogP contribution in [0.2, 0.25) is 0 Å². The summed E-state index contributed by atoms with van der Waals surface area (Å²) in [6.45, 7) is 7.56. The predicted octanol–water partition coefficient (Wildman–Crippen LogP) is 5.43. The first-order valence-electron chi connectivity index (χ1n) is 9.81. The third-order valence-electron chi connectivity index (χ3n) is 4.65. The molecule has 0 aliphatic rings. The first-order chi connectivity index (χ1) is 13.3. The van der Waals surface area contributed by atoms with Crippen molar-refractivity contribution in [1.29, 1.82) is 5.41 Å². The lowest BCUT2D eigenvalue weighted by atomic mass is 9.91. The van der Waals surface area contributed by atoms with Crippen LogP contribution in [-0.2, 0) is 16.0 Å². The molecule has 0 bridgehead atoms. The number of hydrogen-bond acceptors (Lipinski definition) is 4. The number of esters is 1. The van der Waals surface area contributed by atoms with Gasteiger partial charge in [-0.2, -0.15) is 0 Å². The van der Waals surface area contributed by atoms with E-state index in [1.165, 1.54) is 18.1 Å². The fourth-order valence-electron chi connectivity index (χ4n) is 3.22. The Hall–Kier alpha value is -2.62. The summed E-state index contributed by atoms with van der Waals surface area (Å²) in [5.41, 5.74) is 2.40. The highest BCUT2D eigenvalue weighted by atomic mass is 16.6. The first kappa shape index (κ1) is 21.7. The van der Waals surface area contributed by atoms with E-state index in [-0.39, 0.29) is 11.9 Å². The minimum atomic E-state index is -0.671. The van der Waals surface area contributed by atoms with Crippen molar-refractivity contribution in [3.05, 3.63) is 65.7 Å². The van der Waals surface area contributed by atoms with Gasteiger partial charge in [0.05, 0.1) is 6.61 Å². The number of carbonyl (C=O) groups is 1. The van der Waals surface area contributed by atoms with E-state index in [2.05, 4.69) is 36.4 Å². The molecule has 4 heteroatoms. The van der Waals surface area contributed by atoms with Crippen LogP contribution in [0, 0.1) is 11.3 Å². The molecule has 0 aliphatic heterocycles. The number of carbonyl (C=O) groups excluding carboxylic acids is 1. The van der Waals surface area contributed by atoms with Crippen LogP contribution in [-0.4, -0.2) is 23.9 Å². The topological polar surface area (TPSA) is 59.4 Å². The molecule has 1 N–H and O–H groups in total. The smallest absolute Gasteiger partial charge is 0.303 e. The minimum Gasteiger partial charge on any atom is -0.493 e. The molecule has 0 radical (unpaired) electrons. The maximum absolute atomic E-state index is 11.2. The zero-order chi connectivity index (χ0) is 20.6. The molecule has 28 heavy (non-hydrogen) atoms. The third kappa shape index (κ3) is 7.18. The fourth-order valence-corrected chi connectivity index (χ4v) is 3.22. The maximum Gasteiger partial charge on any atom is 0.303 e. The average Bonchev–Trinajstić information content (AvgIpc) is 2.63. The Bertz CT molecular complexity index is 766. The van der Waals surface area contributed by atoms with Crippen molar-refractivity contribution in [3.8, 4) is 5.75 Å². The molecule has 1 atom stereocenters. The van der Waals surface area contributed by atoms with Gasteiger partial charge in [-0.1, -0.05) is 49.4 Å². The molecule has 2 aromatic carbocycles. The molecule has 0 spiro atoms. The Morgan fingerprint density at radius 2 is 1.64 bits per heavy atom. The van der Waals surface area contributed by atoms with Crippen molar-refractivity contribution >= 4 is 11.7 Å². The first-order valence-corrected chi connectivity index (χ1v) is 9.81. The highest BCUT2D eigenvalue weighted by molar-refractivity contribution is 5.85. The molecule has 0 saturated carbocycles. The van der Waals surface area contributed by atoms with E-state index in [4.69, 9.17) is 14.9 Å². The van der Waals surface area contributed by atoms with Gasteiger partial charge in [-0.25, -0.2) is 0 Å². The second-order valence-corrected chi connectivity index (χ2v) is 7.78. The van der Waals surface area contributed by atoms with E-state index in [9.17, 15) is 4.79 Å². The van der Waals surface area contributed by atoms with Crippen LogP contribution >= 0.6 is 0 Å². The number of benzene rings is 2. The number of hydrogen-bond donors (Lipinski definition) is 1. The second-order valence-electron chi connectivity index (χ2n) is 7.78. The standard InChI is InChI=1S/C24H31NO3/c1-5-21(23(25)16-24(3,4)28-18(2)26)17-27-22-13-11-20(12-14-22)15-19-9-7-6-8-10-19/h6-14,21,25H,5,15-17H2,1-4H3/t21-/m1/s1. The van der Waals surface area contributed by atoms with Gasteiger partial charge < -0.3 is 14.9 Å². The maximum atomic E-state index is 11.2. The van der Waals surface area contributed by atoms with Gasteiger partial charge in [0.1, 0.15) is 11.4 Å². The average molecular weight is 382 g/mol. The molecule has 0 fully saturated rings. The number of rotatable bonds is 10. The molecule has 4 nitrogen and oxygen atoms in total. The van der Waals surface area contributed by atoms with E-state index in [0.717, 1.165) is 18.6 Å². The Morgan fingerprint density at radius 3 is 2.21 bits per heavy atom. The van der Waals surface area contributed by atoms with Gasteiger partial charge in [-0.05, 0) is 49.9 Å². The lowest BCUT2D eigenvalue weighted by Gasteiger charge is -2.27. The van der Waals surface area contributed by atoms with Crippen LogP contribution in [0.1, 0.15) is 51.7 Å². The Balaban J connectivity index is 1.88. The lowest BCUT2D eigenvalue weighted by Crippen LogP contribution is -2.33. The summed E-state index contributed by atoms with van der Waals surface area (Å²) >= 11 is 0. The van der Waals surface area contributed by atoms with E-state index in [0.29, 0.717) is 18.7 Å².